The molecular weight excluding hydrogens is 384 g/mol. The number of benzene rings is 2. The zero-order valence-corrected chi connectivity index (χ0v) is 15.9. The Labute approximate surface area is 171 Å². The molecule has 2 heterocycles. The summed E-state index contributed by atoms with van der Waals surface area (Å²) < 4.78 is 0. The summed E-state index contributed by atoms with van der Waals surface area (Å²) in [6.07, 6.45) is 2.92. The Morgan fingerprint density at radius 2 is 1.67 bits per heavy atom. The van der Waals surface area contributed by atoms with Gasteiger partial charge in [-0.1, -0.05) is 6.07 Å². The van der Waals surface area contributed by atoms with Crippen molar-refractivity contribution in [3.05, 3.63) is 82.8 Å². The second-order valence-corrected chi connectivity index (χ2v) is 6.44. The van der Waals surface area contributed by atoms with Crippen molar-refractivity contribution in [1.82, 2.24) is 15.0 Å². The first kappa shape index (κ1) is 18.9. The summed E-state index contributed by atoms with van der Waals surface area (Å²) >= 11 is 0. The number of aromatic nitrogens is 3. The molecule has 0 atom stereocenters. The number of carbonyl (C=O) groups excluding carboxylic acids is 1. The summed E-state index contributed by atoms with van der Waals surface area (Å²) in [7, 11) is 0. The average molecular weight is 400 g/mol. The summed E-state index contributed by atoms with van der Waals surface area (Å²) in [6.45, 7) is 1.47. The van der Waals surface area contributed by atoms with Crippen molar-refractivity contribution in [3.8, 4) is 0 Å². The van der Waals surface area contributed by atoms with Crippen LogP contribution in [0.2, 0.25) is 0 Å². The number of hydrogen-bond donors (Lipinski definition) is 2. The molecule has 0 bridgehead atoms. The number of carbonyl (C=O) groups is 1. The summed E-state index contributed by atoms with van der Waals surface area (Å²) in [4.78, 5) is 35.1. The van der Waals surface area contributed by atoms with Crippen LogP contribution >= 0.6 is 0 Å². The normalized spacial score (nSPS) is 10.6. The van der Waals surface area contributed by atoms with Crippen molar-refractivity contribution in [1.29, 1.82) is 0 Å². The maximum Gasteiger partial charge on any atom is 0.353 e. The molecule has 4 aromatic rings. The summed E-state index contributed by atoms with van der Waals surface area (Å²) in [5.74, 6) is 0.0197. The Balaban J connectivity index is 1.71. The number of nitro groups is 1. The smallest absolute Gasteiger partial charge is 0.334 e. The summed E-state index contributed by atoms with van der Waals surface area (Å²) in [6, 6.07) is 15.7. The van der Waals surface area contributed by atoms with Crippen molar-refractivity contribution < 1.29 is 9.72 Å². The predicted octanol–water partition coefficient (Wildman–Crippen LogP) is 4.62. The second kappa shape index (κ2) is 7.92. The van der Waals surface area contributed by atoms with Crippen LogP contribution in [-0.2, 0) is 0 Å². The van der Waals surface area contributed by atoms with Gasteiger partial charge in [0.25, 0.3) is 0 Å². The van der Waals surface area contributed by atoms with Gasteiger partial charge in [0.05, 0.1) is 10.4 Å². The van der Waals surface area contributed by atoms with Crippen LogP contribution in [0.5, 0.6) is 0 Å². The lowest BCUT2D eigenvalue weighted by Crippen LogP contribution is -2.06. The molecule has 0 spiro atoms. The van der Waals surface area contributed by atoms with Crippen molar-refractivity contribution >= 4 is 45.4 Å². The van der Waals surface area contributed by atoms with Gasteiger partial charge in [-0.15, -0.1) is 0 Å². The van der Waals surface area contributed by atoms with E-state index in [4.69, 9.17) is 0 Å². The highest BCUT2D eigenvalue weighted by atomic mass is 16.6. The van der Waals surface area contributed by atoms with Crippen LogP contribution in [0.1, 0.15) is 17.3 Å². The standard InChI is InChI=1S/C21H16N6O3/c1-13(28)14-7-9-15(10-8-14)25-20-19(27(29)30)21(24-12-23-20)26-18-6-2-5-17-16(18)4-3-11-22-17/h2-12H,1H3,(H2,23,24,25,26). The highest BCUT2D eigenvalue weighted by Gasteiger charge is 2.24. The number of anilines is 4. The van der Waals surface area contributed by atoms with Crippen LogP contribution in [0.3, 0.4) is 0 Å². The molecule has 0 unspecified atom stereocenters. The Hall–Kier alpha value is -4.40. The van der Waals surface area contributed by atoms with Gasteiger partial charge in [0.1, 0.15) is 6.33 Å². The number of nitrogens with zero attached hydrogens (tertiary/aromatic N) is 4. The SMILES string of the molecule is CC(=O)c1ccc(Nc2ncnc(Nc3cccc4ncccc34)c2[N+](=O)[O-])cc1. The first-order valence-electron chi connectivity index (χ1n) is 9.01. The quantitative estimate of drug-likeness (QED) is 0.273. The minimum absolute atomic E-state index is 0.0337. The van der Waals surface area contributed by atoms with Gasteiger partial charge in [-0.25, -0.2) is 9.97 Å². The fraction of sp³-hybridized carbons (Fsp3) is 0.0476. The molecule has 0 saturated carbocycles. The molecule has 9 nitrogen and oxygen atoms in total. The zero-order valence-electron chi connectivity index (χ0n) is 15.9. The number of ketones is 1. The van der Waals surface area contributed by atoms with E-state index >= 15 is 0 Å². The Morgan fingerprint density at radius 1 is 0.933 bits per heavy atom. The van der Waals surface area contributed by atoms with Crippen LogP contribution in [0.25, 0.3) is 10.9 Å². The average Bonchev–Trinajstić information content (AvgIpc) is 2.74. The van der Waals surface area contributed by atoms with Gasteiger partial charge in [0.2, 0.25) is 11.6 Å². The molecule has 0 aliphatic heterocycles. The Kier molecular flexibility index (Phi) is 5.00. The van der Waals surface area contributed by atoms with Gasteiger partial charge < -0.3 is 10.6 Å². The maximum absolute atomic E-state index is 11.8. The second-order valence-electron chi connectivity index (χ2n) is 6.44. The molecular formula is C21H16N6O3. The lowest BCUT2D eigenvalue weighted by molar-refractivity contribution is -0.383. The minimum atomic E-state index is -0.544. The van der Waals surface area contributed by atoms with Crippen molar-refractivity contribution in [2.24, 2.45) is 0 Å². The zero-order chi connectivity index (χ0) is 21.1. The number of rotatable bonds is 6. The number of fused-ring (bicyclic) bond motifs is 1. The summed E-state index contributed by atoms with van der Waals surface area (Å²) in [5.41, 5.74) is 2.20. The van der Waals surface area contributed by atoms with E-state index in [-0.39, 0.29) is 23.1 Å². The highest BCUT2D eigenvalue weighted by molar-refractivity contribution is 5.95. The van der Waals surface area contributed by atoms with E-state index in [0.717, 1.165) is 10.9 Å². The first-order chi connectivity index (χ1) is 14.5. The molecule has 9 heteroatoms. The van der Waals surface area contributed by atoms with Crippen molar-refractivity contribution in [2.75, 3.05) is 10.6 Å². The molecule has 30 heavy (non-hydrogen) atoms. The third-order valence-electron chi connectivity index (χ3n) is 4.46. The molecule has 0 aliphatic carbocycles. The molecule has 0 fully saturated rings. The first-order valence-corrected chi connectivity index (χ1v) is 9.01. The maximum atomic E-state index is 11.8. The molecule has 0 radical (unpaired) electrons. The number of nitrogens with one attached hydrogen (secondary N) is 2. The fourth-order valence-electron chi connectivity index (χ4n) is 3.00. The molecule has 148 valence electrons. The van der Waals surface area contributed by atoms with Gasteiger partial charge in [0, 0.05) is 28.5 Å². The van der Waals surface area contributed by atoms with E-state index in [1.807, 2.05) is 12.1 Å². The summed E-state index contributed by atoms with van der Waals surface area (Å²) in [5, 5.41) is 18.6. The van der Waals surface area contributed by atoms with E-state index in [1.165, 1.54) is 13.3 Å². The van der Waals surface area contributed by atoms with Crippen LogP contribution in [-0.4, -0.2) is 25.7 Å². The third kappa shape index (κ3) is 3.76. The molecule has 4 rings (SSSR count). The van der Waals surface area contributed by atoms with E-state index < -0.39 is 4.92 Å². The van der Waals surface area contributed by atoms with E-state index in [0.29, 0.717) is 16.9 Å². The molecule has 0 amide bonds. The van der Waals surface area contributed by atoms with Crippen LogP contribution in [0.15, 0.2) is 67.1 Å². The fourth-order valence-corrected chi connectivity index (χ4v) is 3.00. The number of Topliss-reactive ketones (excluding diaryl/α,β-unsaturated/α-hetero) is 1. The number of pyridine rings is 1. The van der Waals surface area contributed by atoms with E-state index in [2.05, 4.69) is 25.6 Å². The largest absolute Gasteiger partial charge is 0.353 e. The lowest BCUT2D eigenvalue weighted by Gasteiger charge is -2.11. The predicted molar refractivity (Wildman–Crippen MR) is 113 cm³/mol. The molecule has 0 aliphatic rings. The minimum Gasteiger partial charge on any atom is -0.334 e. The van der Waals surface area contributed by atoms with Crippen LogP contribution < -0.4 is 10.6 Å². The highest BCUT2D eigenvalue weighted by Crippen LogP contribution is 2.34. The van der Waals surface area contributed by atoms with E-state index in [9.17, 15) is 14.9 Å². The monoisotopic (exact) mass is 400 g/mol. The topological polar surface area (TPSA) is 123 Å². The third-order valence-corrected chi connectivity index (χ3v) is 4.46. The Bertz CT molecular complexity index is 1250. The van der Waals surface area contributed by atoms with Gasteiger partial charge in [-0.05, 0) is 55.5 Å². The van der Waals surface area contributed by atoms with Gasteiger partial charge in [-0.2, -0.15) is 0 Å². The van der Waals surface area contributed by atoms with Gasteiger partial charge in [-0.3, -0.25) is 19.9 Å². The number of hydrogen-bond acceptors (Lipinski definition) is 8. The van der Waals surface area contributed by atoms with Crippen LogP contribution in [0, 0.1) is 10.1 Å². The van der Waals surface area contributed by atoms with Crippen molar-refractivity contribution in [2.45, 2.75) is 6.92 Å². The molecule has 2 aromatic carbocycles. The molecule has 2 aromatic heterocycles. The van der Waals surface area contributed by atoms with Crippen molar-refractivity contribution in [3.63, 3.8) is 0 Å². The van der Waals surface area contributed by atoms with E-state index in [1.54, 1.807) is 48.7 Å². The van der Waals surface area contributed by atoms with Gasteiger partial charge >= 0.3 is 5.69 Å². The molecule has 0 saturated heterocycles. The van der Waals surface area contributed by atoms with Gasteiger partial charge in [0.15, 0.2) is 5.78 Å². The Morgan fingerprint density at radius 3 is 2.37 bits per heavy atom. The molecule has 2 N–H and O–H groups in total. The lowest BCUT2D eigenvalue weighted by atomic mass is 10.1. The van der Waals surface area contributed by atoms with Crippen LogP contribution in [0.4, 0.5) is 28.7 Å².